The van der Waals surface area contributed by atoms with E-state index < -0.39 is 22.0 Å². The zero-order valence-electron chi connectivity index (χ0n) is 15.8. The number of nitrogens with one attached hydrogen (secondary N) is 1. The van der Waals surface area contributed by atoms with Crippen LogP contribution in [0.25, 0.3) is 0 Å². The minimum Gasteiger partial charge on any atom is -0.476 e. The van der Waals surface area contributed by atoms with Crippen molar-refractivity contribution in [3.8, 4) is 5.75 Å². The number of para-hydroxylation sites is 2. The van der Waals surface area contributed by atoms with Gasteiger partial charge in [-0.3, -0.25) is 9.10 Å². The maximum absolute atomic E-state index is 13.3. The van der Waals surface area contributed by atoms with Crippen LogP contribution in [-0.4, -0.2) is 27.0 Å². The summed E-state index contributed by atoms with van der Waals surface area (Å²) in [6, 6.07) is 17.0. The van der Waals surface area contributed by atoms with Crippen molar-refractivity contribution < 1.29 is 17.9 Å². The summed E-state index contributed by atoms with van der Waals surface area (Å²) >= 11 is 17.9. The average molecular weight is 498 g/mol. The Morgan fingerprint density at radius 2 is 1.58 bits per heavy atom. The highest BCUT2D eigenvalue weighted by Crippen LogP contribution is 2.37. The Bertz CT molecular complexity index is 1230. The lowest BCUT2D eigenvalue weighted by atomic mass is 10.2. The van der Waals surface area contributed by atoms with E-state index in [1.165, 1.54) is 42.5 Å². The summed E-state index contributed by atoms with van der Waals surface area (Å²) in [4.78, 5) is 12.9. The maximum Gasteiger partial charge on any atom is 0.267 e. The fourth-order valence-corrected chi connectivity index (χ4v) is 5.28. The molecule has 0 radical (unpaired) electrons. The van der Waals surface area contributed by atoms with Crippen LogP contribution in [0.2, 0.25) is 15.1 Å². The van der Waals surface area contributed by atoms with E-state index in [4.69, 9.17) is 39.5 Å². The van der Waals surface area contributed by atoms with E-state index >= 15 is 0 Å². The number of hydrogen-bond acceptors (Lipinski definition) is 4. The zero-order chi connectivity index (χ0) is 22.2. The first-order valence-corrected chi connectivity index (χ1v) is 11.6. The van der Waals surface area contributed by atoms with Gasteiger partial charge in [-0.25, -0.2) is 8.42 Å². The Morgan fingerprint density at radius 1 is 0.935 bits per heavy atom. The largest absolute Gasteiger partial charge is 0.476 e. The van der Waals surface area contributed by atoms with Crippen LogP contribution in [-0.2, 0) is 14.8 Å². The van der Waals surface area contributed by atoms with Gasteiger partial charge < -0.3 is 10.1 Å². The minimum absolute atomic E-state index is 0.0504. The Kier molecular flexibility index (Phi) is 6.03. The Morgan fingerprint density at radius 3 is 2.26 bits per heavy atom. The van der Waals surface area contributed by atoms with Gasteiger partial charge in [-0.2, -0.15) is 0 Å². The van der Waals surface area contributed by atoms with Gasteiger partial charge in [-0.15, -0.1) is 0 Å². The molecule has 1 atom stereocenters. The second-order valence-electron chi connectivity index (χ2n) is 6.71. The molecule has 0 spiro atoms. The number of carbonyl (C=O) groups is 1. The van der Waals surface area contributed by atoms with Crippen LogP contribution in [0.1, 0.15) is 0 Å². The molecule has 0 bridgehead atoms. The predicted octanol–water partition coefficient (Wildman–Crippen LogP) is 5.24. The highest BCUT2D eigenvalue weighted by atomic mass is 35.5. The number of fused-ring (bicyclic) bond motifs is 1. The molecule has 0 fully saturated rings. The molecule has 3 aromatic rings. The van der Waals surface area contributed by atoms with E-state index in [-0.39, 0.29) is 17.2 Å². The highest BCUT2D eigenvalue weighted by Gasteiger charge is 2.37. The van der Waals surface area contributed by atoms with Gasteiger partial charge in [-0.05, 0) is 54.6 Å². The molecular weight excluding hydrogens is 483 g/mol. The van der Waals surface area contributed by atoms with E-state index in [0.29, 0.717) is 26.4 Å². The second kappa shape index (κ2) is 8.59. The minimum atomic E-state index is -3.97. The third-order valence-corrected chi connectivity index (χ3v) is 7.04. The number of nitrogens with zero attached hydrogens (tertiary/aromatic N) is 1. The lowest BCUT2D eigenvalue weighted by Gasteiger charge is -2.34. The maximum atomic E-state index is 13.3. The number of ether oxygens (including phenoxy) is 1. The van der Waals surface area contributed by atoms with Gasteiger partial charge in [0.25, 0.3) is 15.9 Å². The molecule has 0 saturated heterocycles. The third-order valence-electron chi connectivity index (χ3n) is 4.56. The fraction of sp³-hybridized carbons (Fsp3) is 0.0952. The number of anilines is 2. The SMILES string of the molecule is O=C(Nc1cc(Cl)cc(Cl)c1)[C@H]1CN(S(=O)(=O)c2ccc(Cl)cc2)c2ccccc2O1. The van der Waals surface area contributed by atoms with Gasteiger partial charge in [0.2, 0.25) is 0 Å². The Balaban J connectivity index is 1.67. The van der Waals surface area contributed by atoms with Crippen LogP contribution in [0, 0.1) is 0 Å². The van der Waals surface area contributed by atoms with Crippen molar-refractivity contribution >= 4 is 62.1 Å². The summed E-state index contributed by atoms with van der Waals surface area (Å²) in [5, 5.41) is 3.79. The molecule has 6 nitrogen and oxygen atoms in total. The molecule has 0 aromatic heterocycles. The molecule has 1 amide bonds. The average Bonchev–Trinajstić information content (AvgIpc) is 2.72. The molecule has 4 rings (SSSR count). The highest BCUT2D eigenvalue weighted by molar-refractivity contribution is 7.92. The monoisotopic (exact) mass is 496 g/mol. The predicted molar refractivity (Wildman–Crippen MR) is 122 cm³/mol. The summed E-state index contributed by atoms with van der Waals surface area (Å²) in [6.45, 7) is -0.220. The second-order valence-corrected chi connectivity index (χ2v) is 9.88. The first-order valence-electron chi connectivity index (χ1n) is 9.05. The number of halogens is 3. The molecule has 31 heavy (non-hydrogen) atoms. The van der Waals surface area contributed by atoms with Crippen LogP contribution >= 0.6 is 34.8 Å². The number of rotatable bonds is 4. The first-order chi connectivity index (χ1) is 14.7. The van der Waals surface area contributed by atoms with Gasteiger partial charge in [-0.1, -0.05) is 46.9 Å². The van der Waals surface area contributed by atoms with Gasteiger partial charge in [0, 0.05) is 20.8 Å². The van der Waals surface area contributed by atoms with E-state index in [1.807, 2.05) is 0 Å². The fourth-order valence-electron chi connectivity index (χ4n) is 3.15. The molecule has 0 saturated carbocycles. The molecule has 3 aromatic carbocycles. The van der Waals surface area contributed by atoms with Crippen LogP contribution in [0.4, 0.5) is 11.4 Å². The third kappa shape index (κ3) is 4.60. The van der Waals surface area contributed by atoms with Crippen LogP contribution in [0.5, 0.6) is 5.75 Å². The number of carbonyl (C=O) groups excluding carboxylic acids is 1. The van der Waals surface area contributed by atoms with Gasteiger partial charge in [0.1, 0.15) is 5.75 Å². The normalized spacial score (nSPS) is 15.7. The van der Waals surface area contributed by atoms with Crippen molar-refractivity contribution in [1.82, 2.24) is 0 Å². The molecule has 10 heteroatoms. The smallest absolute Gasteiger partial charge is 0.267 e. The lowest BCUT2D eigenvalue weighted by Crippen LogP contribution is -2.48. The summed E-state index contributed by atoms with van der Waals surface area (Å²) in [5.41, 5.74) is 0.712. The number of sulfonamides is 1. The lowest BCUT2D eigenvalue weighted by molar-refractivity contribution is -0.122. The van der Waals surface area contributed by atoms with E-state index in [1.54, 1.807) is 24.3 Å². The standard InChI is InChI=1S/C21H15Cl3N2O4S/c22-13-5-7-17(8-6-13)31(28,29)26-12-20(30-19-4-2-1-3-18(19)26)21(27)25-16-10-14(23)9-15(24)11-16/h1-11,20H,12H2,(H,25,27)/t20-/m1/s1. The van der Waals surface area contributed by atoms with Crippen molar-refractivity contribution in [2.24, 2.45) is 0 Å². The molecule has 1 N–H and O–H groups in total. The van der Waals surface area contributed by atoms with Crippen LogP contribution in [0.15, 0.2) is 71.6 Å². The van der Waals surface area contributed by atoms with Gasteiger partial charge >= 0.3 is 0 Å². The van der Waals surface area contributed by atoms with Crippen molar-refractivity contribution in [2.45, 2.75) is 11.0 Å². The molecule has 1 heterocycles. The van der Waals surface area contributed by atoms with Crippen molar-refractivity contribution in [1.29, 1.82) is 0 Å². The summed E-state index contributed by atoms with van der Waals surface area (Å²) < 4.78 is 33.6. The Hall–Kier alpha value is -2.45. The molecule has 0 unspecified atom stereocenters. The zero-order valence-corrected chi connectivity index (χ0v) is 18.8. The van der Waals surface area contributed by atoms with E-state index in [0.717, 1.165) is 4.31 Å². The van der Waals surface area contributed by atoms with Crippen LogP contribution in [0.3, 0.4) is 0 Å². The summed E-state index contributed by atoms with van der Waals surface area (Å²) in [5.74, 6) is -0.264. The summed E-state index contributed by atoms with van der Waals surface area (Å²) in [7, 11) is -3.97. The van der Waals surface area contributed by atoms with Crippen molar-refractivity contribution in [2.75, 3.05) is 16.2 Å². The van der Waals surface area contributed by atoms with Crippen molar-refractivity contribution in [3.05, 3.63) is 81.8 Å². The Labute approximate surface area is 194 Å². The number of amides is 1. The van der Waals surface area contributed by atoms with Crippen LogP contribution < -0.4 is 14.4 Å². The van der Waals surface area contributed by atoms with Crippen molar-refractivity contribution in [3.63, 3.8) is 0 Å². The number of hydrogen-bond donors (Lipinski definition) is 1. The quantitative estimate of drug-likeness (QED) is 0.535. The van der Waals surface area contributed by atoms with Gasteiger partial charge in [0.15, 0.2) is 6.10 Å². The molecule has 1 aliphatic heterocycles. The summed E-state index contributed by atoms with van der Waals surface area (Å²) in [6.07, 6.45) is -1.10. The molecule has 160 valence electrons. The molecular formula is C21H15Cl3N2O4S. The molecule has 1 aliphatic rings. The first kappa shape index (κ1) is 21.8. The van der Waals surface area contributed by atoms with E-state index in [2.05, 4.69) is 5.32 Å². The number of benzene rings is 3. The topological polar surface area (TPSA) is 75.7 Å². The molecule has 0 aliphatic carbocycles. The van der Waals surface area contributed by atoms with Gasteiger partial charge in [0.05, 0.1) is 17.1 Å². The van der Waals surface area contributed by atoms with E-state index in [9.17, 15) is 13.2 Å².